The van der Waals surface area contributed by atoms with Crippen molar-refractivity contribution >= 4 is 111 Å². The number of halogens is 1. The maximum absolute atomic E-state index is 14.5. The molecule has 2 fully saturated rings. The fourth-order valence-corrected chi connectivity index (χ4v) is 11.8. The first kappa shape index (κ1) is 56.3. The number of carbonyl (C=O) groups excluding carboxylic acids is 3. The van der Waals surface area contributed by atoms with E-state index < -0.39 is 70.1 Å². The maximum atomic E-state index is 14.5. The van der Waals surface area contributed by atoms with Crippen LogP contribution >= 0.6 is 11.6 Å². The number of nitrogens with zero attached hydrogens (tertiary/aromatic N) is 4. The molecule has 1 atom stereocenters. The van der Waals surface area contributed by atoms with Crippen LogP contribution in [-0.4, -0.2) is 78.2 Å². The number of oxazole rings is 1. The Hall–Kier alpha value is -6.47. The number of amides is 2. The predicted octanol–water partition coefficient (Wildman–Crippen LogP) is 10.4. The third-order valence-electron chi connectivity index (χ3n) is 14.2. The normalized spacial score (nSPS) is 16.8. The van der Waals surface area contributed by atoms with Gasteiger partial charge in [-0.05, 0) is 135 Å². The summed E-state index contributed by atoms with van der Waals surface area (Å²) in [6.45, 7) is 17.7. The molecule has 18 nitrogen and oxygen atoms in total. The minimum absolute atomic E-state index is 0.0713. The Morgan fingerprint density at radius 1 is 0.893 bits per heavy atom. The molecule has 22 heteroatoms. The van der Waals surface area contributed by atoms with Crippen molar-refractivity contribution in [3.63, 3.8) is 0 Å². The van der Waals surface area contributed by atoms with Crippen LogP contribution in [0.15, 0.2) is 76.0 Å². The van der Waals surface area contributed by atoms with E-state index in [-0.39, 0.29) is 50.4 Å². The summed E-state index contributed by atoms with van der Waals surface area (Å²) >= 11 is 6.66. The average molecular weight is 1100 g/mol. The van der Waals surface area contributed by atoms with E-state index in [9.17, 15) is 44.9 Å². The second-order valence-corrected chi connectivity index (χ2v) is 26.5. The average Bonchev–Trinajstić information content (AvgIpc) is 4.04. The number of hydrogen-bond acceptors (Lipinski definition) is 13. The number of allylic oxidation sites excluding steroid dienone is 1. The fraction of sp³-hybridized carbons (Fsp3) is 0.415. The van der Waals surface area contributed by atoms with Crippen LogP contribution < -0.4 is 24.0 Å². The molecule has 5 aromatic rings. The third-order valence-corrected chi connectivity index (χ3v) is 17.2. The molecule has 1 unspecified atom stereocenters. The summed E-state index contributed by atoms with van der Waals surface area (Å²) in [6.07, 6.45) is 5.10. The smallest absolute Gasteiger partial charge is 0.415 e. The number of nitriles is 1. The number of rotatable bonds is 17. The molecule has 1 saturated carbocycles. The van der Waals surface area contributed by atoms with E-state index in [0.29, 0.717) is 40.8 Å². The first-order valence-electron chi connectivity index (χ1n) is 24.3. The molecular weight excluding hydrogens is 1040 g/mol. The first-order valence-corrected chi connectivity index (χ1v) is 29.9. The number of sulfonamides is 3. The molecule has 3 N–H and O–H groups in total. The summed E-state index contributed by atoms with van der Waals surface area (Å²) in [5.74, 6) is -1.55. The van der Waals surface area contributed by atoms with Gasteiger partial charge in [0.15, 0.2) is 5.58 Å². The van der Waals surface area contributed by atoms with Crippen molar-refractivity contribution in [2.45, 2.75) is 134 Å². The molecule has 0 radical (unpaired) electrons. The molecule has 2 heterocycles. The van der Waals surface area contributed by atoms with Gasteiger partial charge < -0.3 is 9.15 Å². The summed E-state index contributed by atoms with van der Waals surface area (Å²) < 4.78 is 94.9. The Balaban J connectivity index is 1.17. The Bertz CT molecular complexity index is 3560. The molecule has 2 aliphatic rings. The highest BCUT2D eigenvalue weighted by Crippen LogP contribution is 2.42. The highest BCUT2D eigenvalue weighted by atomic mass is 35.5. The Labute approximate surface area is 444 Å². The Kier molecular flexibility index (Phi) is 15.4. The van der Waals surface area contributed by atoms with Crippen LogP contribution in [-0.2, 0) is 55.2 Å². The van der Waals surface area contributed by atoms with E-state index in [1.165, 1.54) is 36.9 Å². The van der Waals surface area contributed by atoms with Gasteiger partial charge in [0, 0.05) is 17.3 Å². The van der Waals surface area contributed by atoms with Gasteiger partial charge in [-0.3, -0.25) is 33.6 Å². The summed E-state index contributed by atoms with van der Waals surface area (Å²) in [4.78, 5) is 49.9. The fourth-order valence-electron chi connectivity index (χ4n) is 9.23. The van der Waals surface area contributed by atoms with E-state index in [2.05, 4.69) is 67.8 Å². The van der Waals surface area contributed by atoms with E-state index in [0.717, 1.165) is 72.4 Å². The molecule has 1 aromatic heterocycles. The monoisotopic (exact) mass is 1100 g/mol. The van der Waals surface area contributed by atoms with Crippen molar-refractivity contribution in [1.82, 2.24) is 4.98 Å². The van der Waals surface area contributed by atoms with Crippen molar-refractivity contribution in [3.05, 3.63) is 99.9 Å². The SMILES string of the molecule is CCC(C)(C)c1cc(C(C)(C)CC)c2oc(/C(C#N)=C/c3ccc(N(C(=O)OC4C(=O)N(c5cc(NS(=O)(=O)c6ccc(NS(C)(=O)=O)cc6NS(C)(=O)=O)ccc5Cl)C(C)(C)C4=O)C4CCCC4)cc3C)nc2c1. The van der Waals surface area contributed by atoms with Gasteiger partial charge in [0.1, 0.15) is 27.6 Å². The number of Topliss-reactive ketones (excluding diaryl/α,β-unsaturated/α-hetero) is 1. The van der Waals surface area contributed by atoms with E-state index in [1.807, 2.05) is 13.0 Å². The van der Waals surface area contributed by atoms with Gasteiger partial charge in [0.2, 0.25) is 37.8 Å². The molecule has 1 aliphatic carbocycles. The number of aromatic nitrogens is 1. The number of nitrogens with one attached hydrogen (secondary N) is 3. The minimum atomic E-state index is -4.67. The standard InChI is InChI=1S/C53H62ClN7O11S3/c1-12-51(4,5)34-26-39(52(6,7)13-2)45-42(27-34)56-48(71-45)33(30-55)25-32-18-21-38(24-31(32)3)60(37-16-14-15-17-37)50(64)72-46-47(62)53(8,9)61(49(46)63)43-29-36(19-22-40(43)54)58-75(69,70)44-23-20-35(57-73(10,65)66)28-41(44)59-74(11,67)68/h18-29,37,46,57-59H,12-17H2,1-11H3/b33-25+. The van der Waals surface area contributed by atoms with Gasteiger partial charge in [-0.2, -0.15) is 5.26 Å². The van der Waals surface area contributed by atoms with Crippen LogP contribution in [0, 0.1) is 18.3 Å². The molecule has 75 heavy (non-hydrogen) atoms. The zero-order chi connectivity index (χ0) is 55.4. The van der Waals surface area contributed by atoms with Crippen LogP contribution in [0.2, 0.25) is 5.02 Å². The molecule has 4 aromatic carbocycles. The van der Waals surface area contributed by atoms with E-state index >= 15 is 0 Å². The van der Waals surface area contributed by atoms with Crippen molar-refractivity contribution < 1.29 is 48.8 Å². The number of benzene rings is 4. The van der Waals surface area contributed by atoms with Gasteiger partial charge in [-0.1, -0.05) is 78.1 Å². The molecule has 1 aliphatic heterocycles. The second kappa shape index (κ2) is 20.6. The lowest BCUT2D eigenvalue weighted by molar-refractivity contribution is -0.133. The summed E-state index contributed by atoms with van der Waals surface area (Å²) in [7, 11) is -12.6. The number of fused-ring (bicyclic) bond motifs is 1. The Morgan fingerprint density at radius 3 is 2.12 bits per heavy atom. The largest absolute Gasteiger partial charge is 0.435 e. The van der Waals surface area contributed by atoms with E-state index in [4.69, 9.17) is 25.7 Å². The summed E-state index contributed by atoms with van der Waals surface area (Å²) in [6, 6.07) is 18.3. The number of anilines is 5. The van der Waals surface area contributed by atoms with Crippen LogP contribution in [0.25, 0.3) is 22.7 Å². The minimum Gasteiger partial charge on any atom is -0.435 e. The van der Waals surface area contributed by atoms with Gasteiger partial charge in [0.05, 0.1) is 40.3 Å². The van der Waals surface area contributed by atoms with Crippen molar-refractivity contribution in [1.29, 1.82) is 5.26 Å². The number of ketones is 1. The van der Waals surface area contributed by atoms with Gasteiger partial charge in [-0.15, -0.1) is 0 Å². The molecule has 2 amide bonds. The third kappa shape index (κ3) is 11.8. The molecular formula is C53H62ClN7O11S3. The van der Waals surface area contributed by atoms with Crippen LogP contribution in [0.4, 0.5) is 33.2 Å². The quantitative estimate of drug-likeness (QED) is 0.0579. The Morgan fingerprint density at radius 2 is 1.52 bits per heavy atom. The van der Waals surface area contributed by atoms with E-state index in [1.54, 1.807) is 24.3 Å². The molecule has 1 saturated heterocycles. The van der Waals surface area contributed by atoms with Crippen molar-refractivity contribution in [2.75, 3.05) is 36.5 Å². The lowest BCUT2D eigenvalue weighted by Crippen LogP contribution is -2.45. The maximum Gasteiger partial charge on any atom is 0.415 e. The number of hydrogen-bond donors (Lipinski definition) is 3. The van der Waals surface area contributed by atoms with Crippen molar-refractivity contribution in [3.8, 4) is 6.07 Å². The molecule has 0 spiro atoms. The van der Waals surface area contributed by atoms with Crippen LogP contribution in [0.3, 0.4) is 0 Å². The highest BCUT2D eigenvalue weighted by Gasteiger charge is 2.56. The predicted molar refractivity (Wildman–Crippen MR) is 293 cm³/mol. The van der Waals surface area contributed by atoms with Gasteiger partial charge >= 0.3 is 6.09 Å². The van der Waals surface area contributed by atoms with Crippen molar-refractivity contribution in [2.24, 2.45) is 0 Å². The van der Waals surface area contributed by atoms with Gasteiger partial charge in [-0.25, -0.2) is 35.0 Å². The molecule has 400 valence electrons. The number of carbonyl (C=O) groups is 3. The number of aryl methyl sites for hydroxylation is 1. The van der Waals surface area contributed by atoms with Crippen LogP contribution in [0.1, 0.15) is 122 Å². The number of ether oxygens (including phenoxy) is 1. The summed E-state index contributed by atoms with van der Waals surface area (Å²) in [5, 5.41) is 10.4. The highest BCUT2D eigenvalue weighted by molar-refractivity contribution is 7.93. The van der Waals surface area contributed by atoms with Gasteiger partial charge in [0.25, 0.3) is 15.9 Å². The zero-order valence-electron chi connectivity index (χ0n) is 43.7. The molecule has 0 bridgehead atoms. The summed E-state index contributed by atoms with van der Waals surface area (Å²) in [5.41, 5.74) is 2.51. The first-order chi connectivity index (χ1) is 34.8. The molecule has 7 rings (SSSR count). The van der Waals surface area contributed by atoms with Crippen LogP contribution in [0.5, 0.6) is 0 Å². The second-order valence-electron chi connectivity index (χ2n) is 21.0. The lowest BCUT2D eigenvalue weighted by atomic mass is 9.76. The zero-order valence-corrected chi connectivity index (χ0v) is 46.9. The topological polar surface area (TPSA) is 255 Å². The lowest BCUT2D eigenvalue weighted by Gasteiger charge is -2.30.